The molecule has 17 heavy (non-hydrogen) atoms. The minimum atomic E-state index is -0.348. The number of amides is 1. The van der Waals surface area contributed by atoms with Crippen LogP contribution in [-0.4, -0.2) is 15.9 Å². The average Bonchev–Trinajstić information content (AvgIpc) is 2.40. The summed E-state index contributed by atoms with van der Waals surface area (Å²) in [5.41, 5.74) is 2.44. The van der Waals surface area contributed by atoms with Gasteiger partial charge in [0.05, 0.1) is 5.56 Å². The van der Waals surface area contributed by atoms with E-state index < -0.39 is 0 Å². The molecular formula is C11H11BrN4O. The van der Waals surface area contributed by atoms with Crippen molar-refractivity contribution in [3.05, 3.63) is 59.1 Å². The average molecular weight is 295 g/mol. The second kappa shape index (κ2) is 7.48. The summed E-state index contributed by atoms with van der Waals surface area (Å²) in [7, 11) is 0. The summed E-state index contributed by atoms with van der Waals surface area (Å²) in [6.45, 7) is 0. The molecule has 0 aliphatic rings. The molecule has 0 aromatic carbocycles. The highest BCUT2D eigenvalue weighted by molar-refractivity contribution is 9.10. The molecule has 88 valence electrons. The molecule has 0 saturated heterocycles. The van der Waals surface area contributed by atoms with Crippen LogP contribution in [0.2, 0.25) is 0 Å². The van der Waals surface area contributed by atoms with Gasteiger partial charge in [-0.15, -0.1) is 0 Å². The highest BCUT2D eigenvalue weighted by Crippen LogP contribution is 2.08. The van der Waals surface area contributed by atoms with Crippen molar-refractivity contribution < 1.29 is 4.79 Å². The lowest BCUT2D eigenvalue weighted by molar-refractivity contribution is 0.0953. The lowest BCUT2D eigenvalue weighted by Crippen LogP contribution is -2.30. The van der Waals surface area contributed by atoms with Gasteiger partial charge in [-0.05, 0) is 34.1 Å². The summed E-state index contributed by atoms with van der Waals surface area (Å²) in [4.78, 5) is 18.4. The van der Waals surface area contributed by atoms with Gasteiger partial charge in [-0.1, -0.05) is 6.07 Å². The maximum absolute atomic E-state index is 10.9. The normalized spacial score (nSPS) is 8.82. The van der Waals surface area contributed by atoms with E-state index in [9.17, 15) is 4.79 Å². The number of nitrogen functional groups attached to an aromatic ring is 1. The molecule has 0 saturated carbocycles. The molecule has 0 aliphatic heterocycles. The van der Waals surface area contributed by atoms with Crippen LogP contribution in [-0.2, 0) is 0 Å². The largest absolute Gasteiger partial charge is 0.290 e. The lowest BCUT2D eigenvalue weighted by atomic mass is 10.3. The molecule has 2 heterocycles. The number of pyridine rings is 2. The summed E-state index contributed by atoms with van der Waals surface area (Å²) >= 11 is 3.18. The fourth-order valence-electron chi connectivity index (χ4n) is 0.932. The molecule has 6 heteroatoms. The van der Waals surface area contributed by atoms with Gasteiger partial charge in [0.2, 0.25) is 0 Å². The number of halogens is 1. The van der Waals surface area contributed by atoms with Crippen LogP contribution in [0.1, 0.15) is 10.4 Å². The second-order valence-electron chi connectivity index (χ2n) is 2.89. The number of hydrogen-bond acceptors (Lipinski definition) is 4. The molecule has 1 amide bonds. The summed E-state index contributed by atoms with van der Waals surface area (Å²) in [5.74, 6) is 4.56. The van der Waals surface area contributed by atoms with Gasteiger partial charge in [-0.25, -0.2) is 5.84 Å². The third-order valence-electron chi connectivity index (χ3n) is 1.66. The number of aromatic nitrogens is 2. The Kier molecular flexibility index (Phi) is 5.84. The zero-order chi connectivity index (χ0) is 12.5. The van der Waals surface area contributed by atoms with E-state index in [-0.39, 0.29) is 5.91 Å². The molecule has 0 spiro atoms. The maximum atomic E-state index is 10.9. The van der Waals surface area contributed by atoms with Gasteiger partial charge in [0, 0.05) is 29.3 Å². The van der Waals surface area contributed by atoms with Crippen LogP contribution in [0.15, 0.2) is 53.5 Å². The first kappa shape index (κ1) is 13.3. The standard InChI is InChI=1S/C6H6BrN3O.C5H5N/c7-5-1-4(2-9-3-5)6(11)10-8;1-2-4-6-5-3-1/h1-3H,8H2,(H,10,11);1-5H. The number of carbonyl (C=O) groups excluding carboxylic acids is 1. The van der Waals surface area contributed by atoms with E-state index in [0.29, 0.717) is 5.56 Å². The Bertz CT molecular complexity index is 437. The van der Waals surface area contributed by atoms with Crippen LogP contribution in [0.4, 0.5) is 0 Å². The minimum absolute atomic E-state index is 0.348. The van der Waals surface area contributed by atoms with Gasteiger partial charge in [-0.2, -0.15) is 0 Å². The summed E-state index contributed by atoms with van der Waals surface area (Å²) in [6.07, 6.45) is 6.53. The van der Waals surface area contributed by atoms with Crippen molar-refractivity contribution in [1.29, 1.82) is 0 Å². The van der Waals surface area contributed by atoms with Gasteiger partial charge >= 0.3 is 0 Å². The van der Waals surface area contributed by atoms with E-state index in [1.165, 1.54) is 6.20 Å². The van der Waals surface area contributed by atoms with Crippen LogP contribution in [0.25, 0.3) is 0 Å². The van der Waals surface area contributed by atoms with Gasteiger partial charge < -0.3 is 0 Å². The van der Waals surface area contributed by atoms with Gasteiger partial charge in [0.1, 0.15) is 0 Å². The predicted octanol–water partition coefficient (Wildman–Crippen LogP) is 1.53. The molecule has 3 N–H and O–H groups in total. The van der Waals surface area contributed by atoms with Crippen molar-refractivity contribution in [2.45, 2.75) is 0 Å². The number of hydrazine groups is 1. The smallest absolute Gasteiger partial charge is 0.266 e. The summed E-state index contributed by atoms with van der Waals surface area (Å²) < 4.78 is 0.749. The van der Waals surface area contributed by atoms with E-state index in [1.807, 2.05) is 23.6 Å². The first-order valence-electron chi connectivity index (χ1n) is 4.70. The zero-order valence-electron chi connectivity index (χ0n) is 8.88. The van der Waals surface area contributed by atoms with E-state index in [0.717, 1.165) is 4.47 Å². The monoisotopic (exact) mass is 294 g/mol. The van der Waals surface area contributed by atoms with E-state index in [1.54, 1.807) is 24.7 Å². The molecule has 2 aromatic rings. The van der Waals surface area contributed by atoms with Gasteiger partial charge in [0.25, 0.3) is 5.91 Å². The van der Waals surface area contributed by atoms with Gasteiger partial charge in [-0.3, -0.25) is 20.2 Å². The number of nitrogens with zero attached hydrogens (tertiary/aromatic N) is 2. The Morgan fingerprint density at radius 2 is 1.88 bits per heavy atom. The Labute approximate surface area is 107 Å². The molecule has 0 fully saturated rings. The number of hydrogen-bond donors (Lipinski definition) is 2. The van der Waals surface area contributed by atoms with Crippen LogP contribution in [0, 0.1) is 0 Å². The highest BCUT2D eigenvalue weighted by Gasteiger charge is 2.02. The quantitative estimate of drug-likeness (QED) is 0.475. The topological polar surface area (TPSA) is 80.9 Å². The summed E-state index contributed by atoms with van der Waals surface area (Å²) in [6, 6.07) is 7.35. The molecule has 0 atom stereocenters. The van der Waals surface area contributed by atoms with Crippen molar-refractivity contribution in [2.75, 3.05) is 0 Å². The first-order valence-corrected chi connectivity index (χ1v) is 5.50. The molecule has 2 rings (SSSR count). The molecule has 0 aliphatic carbocycles. The predicted molar refractivity (Wildman–Crippen MR) is 67.8 cm³/mol. The van der Waals surface area contributed by atoms with E-state index in [4.69, 9.17) is 5.84 Å². The third-order valence-corrected chi connectivity index (χ3v) is 2.10. The van der Waals surface area contributed by atoms with E-state index in [2.05, 4.69) is 25.9 Å². The van der Waals surface area contributed by atoms with Crippen molar-refractivity contribution in [3.63, 3.8) is 0 Å². The Hall–Kier alpha value is -1.79. The van der Waals surface area contributed by atoms with Crippen molar-refractivity contribution in [3.8, 4) is 0 Å². The van der Waals surface area contributed by atoms with Crippen LogP contribution >= 0.6 is 15.9 Å². The molecule has 0 radical (unpaired) electrons. The van der Waals surface area contributed by atoms with Crippen LogP contribution in [0.3, 0.4) is 0 Å². The number of carbonyl (C=O) groups is 1. The maximum Gasteiger partial charge on any atom is 0.266 e. The minimum Gasteiger partial charge on any atom is -0.290 e. The molecular weight excluding hydrogens is 284 g/mol. The van der Waals surface area contributed by atoms with Crippen molar-refractivity contribution >= 4 is 21.8 Å². The second-order valence-corrected chi connectivity index (χ2v) is 3.81. The number of rotatable bonds is 1. The SMILES string of the molecule is NNC(=O)c1cncc(Br)c1.c1ccncc1. The molecule has 0 bridgehead atoms. The molecule has 0 unspecified atom stereocenters. The Morgan fingerprint density at radius 3 is 2.29 bits per heavy atom. The number of nitrogens with one attached hydrogen (secondary N) is 1. The van der Waals surface area contributed by atoms with Crippen LogP contribution < -0.4 is 11.3 Å². The Morgan fingerprint density at radius 1 is 1.18 bits per heavy atom. The van der Waals surface area contributed by atoms with Crippen molar-refractivity contribution in [1.82, 2.24) is 15.4 Å². The van der Waals surface area contributed by atoms with Crippen molar-refractivity contribution in [2.24, 2.45) is 5.84 Å². The number of nitrogens with two attached hydrogens (primary N) is 1. The fourth-order valence-corrected chi connectivity index (χ4v) is 1.30. The summed E-state index contributed by atoms with van der Waals surface area (Å²) in [5, 5.41) is 0. The fraction of sp³-hybridized carbons (Fsp3) is 0. The van der Waals surface area contributed by atoms with Crippen LogP contribution in [0.5, 0.6) is 0 Å². The molecule has 5 nitrogen and oxygen atoms in total. The molecule has 2 aromatic heterocycles. The third kappa shape index (κ3) is 5.19. The zero-order valence-corrected chi connectivity index (χ0v) is 10.5. The highest BCUT2D eigenvalue weighted by atomic mass is 79.9. The van der Waals surface area contributed by atoms with Gasteiger partial charge in [0.15, 0.2) is 0 Å². The first-order chi connectivity index (χ1) is 8.24. The van der Waals surface area contributed by atoms with E-state index >= 15 is 0 Å². The lowest BCUT2D eigenvalue weighted by Gasteiger charge is -1.97. The Balaban J connectivity index is 0.000000202.